The Bertz CT molecular complexity index is 398. The summed E-state index contributed by atoms with van der Waals surface area (Å²) in [6, 6.07) is 0. The molecule has 0 fully saturated rings. The van der Waals surface area contributed by atoms with Gasteiger partial charge in [0.05, 0.1) is 12.2 Å². The van der Waals surface area contributed by atoms with Gasteiger partial charge < -0.3 is 15.4 Å². The highest BCUT2D eigenvalue weighted by atomic mass is 32.1. The van der Waals surface area contributed by atoms with Crippen LogP contribution in [-0.2, 0) is 11.3 Å². The Morgan fingerprint density at radius 1 is 1.56 bits per heavy atom. The van der Waals surface area contributed by atoms with E-state index >= 15 is 0 Å². The summed E-state index contributed by atoms with van der Waals surface area (Å²) in [5, 5.41) is 2.38. The van der Waals surface area contributed by atoms with Crippen LogP contribution < -0.4 is 5.73 Å². The minimum absolute atomic E-state index is 0.309. The molecule has 0 spiro atoms. The van der Waals surface area contributed by atoms with Crippen LogP contribution in [0.5, 0.6) is 0 Å². The third-order valence-corrected chi connectivity index (χ3v) is 2.79. The molecule has 1 rings (SSSR count). The van der Waals surface area contributed by atoms with Gasteiger partial charge in [0, 0.05) is 11.9 Å². The van der Waals surface area contributed by atoms with Gasteiger partial charge >= 0.3 is 6.09 Å². The molecule has 1 heterocycles. The van der Waals surface area contributed by atoms with Gasteiger partial charge in [0.25, 0.3) is 0 Å². The van der Waals surface area contributed by atoms with Gasteiger partial charge in [0.2, 0.25) is 0 Å². The number of nitrogens with zero attached hydrogens (tertiary/aromatic N) is 2. The summed E-state index contributed by atoms with van der Waals surface area (Å²) < 4.78 is 5.36. The lowest BCUT2D eigenvalue weighted by Crippen LogP contribution is -2.37. The van der Waals surface area contributed by atoms with Crippen LogP contribution >= 0.6 is 11.3 Å². The molecule has 102 valence electrons. The van der Waals surface area contributed by atoms with Gasteiger partial charge in [-0.05, 0) is 27.2 Å². The molecule has 5 nitrogen and oxygen atoms in total. The molecule has 0 aliphatic rings. The molecule has 2 N–H and O–H groups in total. The van der Waals surface area contributed by atoms with Crippen molar-refractivity contribution >= 4 is 22.6 Å². The normalized spacial score (nSPS) is 11.3. The molecule has 0 saturated carbocycles. The van der Waals surface area contributed by atoms with Gasteiger partial charge in [-0.3, -0.25) is 0 Å². The fourth-order valence-electron chi connectivity index (χ4n) is 1.42. The van der Waals surface area contributed by atoms with Crippen molar-refractivity contribution in [2.24, 2.45) is 0 Å². The number of nitrogens with two attached hydrogens (primary N) is 1. The van der Waals surface area contributed by atoms with Crippen LogP contribution in [0.3, 0.4) is 0 Å². The Hall–Kier alpha value is -1.30. The first kappa shape index (κ1) is 14.8. The third kappa shape index (κ3) is 4.91. The molecule has 0 saturated heterocycles. The lowest BCUT2D eigenvalue weighted by molar-refractivity contribution is 0.0231. The average molecular weight is 271 g/mol. The number of ether oxygens (including phenoxy) is 1. The Kier molecular flexibility index (Phi) is 4.95. The molecular weight excluding hydrogens is 250 g/mol. The number of amides is 1. The Balaban J connectivity index is 2.67. The first-order chi connectivity index (χ1) is 8.31. The maximum absolute atomic E-state index is 12.0. The van der Waals surface area contributed by atoms with Crippen LogP contribution in [0.4, 0.5) is 9.93 Å². The van der Waals surface area contributed by atoms with E-state index in [0.29, 0.717) is 18.2 Å². The number of nitrogen functional groups attached to an aromatic ring is 1. The van der Waals surface area contributed by atoms with E-state index in [1.165, 1.54) is 11.3 Å². The molecule has 0 unspecified atom stereocenters. The SMILES string of the molecule is CCCN(Cc1csc(N)n1)C(=O)OC(C)(C)C. The van der Waals surface area contributed by atoms with Crippen molar-refractivity contribution in [3.8, 4) is 0 Å². The molecular formula is C12H21N3O2S. The van der Waals surface area contributed by atoms with Crippen molar-refractivity contribution in [1.82, 2.24) is 9.88 Å². The fraction of sp³-hybridized carbons (Fsp3) is 0.667. The van der Waals surface area contributed by atoms with Gasteiger partial charge in [-0.1, -0.05) is 6.92 Å². The maximum atomic E-state index is 12.0. The second-order valence-corrected chi connectivity index (χ2v) is 5.97. The standard InChI is InChI=1S/C12H21N3O2S/c1-5-6-15(11(16)17-12(2,3)4)7-9-8-18-10(13)14-9/h8H,5-7H2,1-4H3,(H2,13,14). The monoisotopic (exact) mass is 271 g/mol. The molecule has 0 atom stereocenters. The molecule has 0 aliphatic heterocycles. The highest BCUT2D eigenvalue weighted by Crippen LogP contribution is 2.16. The molecule has 1 aromatic rings. The first-order valence-corrected chi connectivity index (χ1v) is 6.87. The third-order valence-electron chi connectivity index (χ3n) is 2.07. The summed E-state index contributed by atoms with van der Waals surface area (Å²) in [6.07, 6.45) is 0.565. The topological polar surface area (TPSA) is 68.5 Å². The lowest BCUT2D eigenvalue weighted by Gasteiger charge is -2.26. The van der Waals surface area contributed by atoms with E-state index in [4.69, 9.17) is 10.5 Å². The van der Waals surface area contributed by atoms with Crippen LogP contribution in [-0.4, -0.2) is 28.1 Å². The van der Waals surface area contributed by atoms with E-state index < -0.39 is 5.60 Å². The number of hydrogen-bond acceptors (Lipinski definition) is 5. The van der Waals surface area contributed by atoms with Crippen molar-refractivity contribution < 1.29 is 9.53 Å². The van der Waals surface area contributed by atoms with Crippen molar-refractivity contribution in [3.05, 3.63) is 11.1 Å². The number of carbonyl (C=O) groups excluding carboxylic acids is 1. The van der Waals surface area contributed by atoms with E-state index in [1.807, 2.05) is 33.1 Å². The Morgan fingerprint density at radius 2 is 2.22 bits per heavy atom. The molecule has 0 aromatic carbocycles. The summed E-state index contributed by atoms with van der Waals surface area (Å²) in [5.41, 5.74) is 5.90. The van der Waals surface area contributed by atoms with E-state index in [0.717, 1.165) is 12.1 Å². The van der Waals surface area contributed by atoms with E-state index in [1.54, 1.807) is 4.90 Å². The Labute approximate surface area is 112 Å². The predicted octanol–water partition coefficient (Wildman–Crippen LogP) is 2.87. The van der Waals surface area contributed by atoms with Crippen molar-refractivity contribution in [2.45, 2.75) is 46.3 Å². The highest BCUT2D eigenvalue weighted by Gasteiger charge is 2.22. The number of anilines is 1. The zero-order valence-corrected chi connectivity index (χ0v) is 12.2. The summed E-state index contributed by atoms with van der Waals surface area (Å²) in [4.78, 5) is 17.8. The van der Waals surface area contributed by atoms with Gasteiger partial charge in [-0.2, -0.15) is 0 Å². The quantitative estimate of drug-likeness (QED) is 0.914. The summed E-state index contributed by atoms with van der Waals surface area (Å²) >= 11 is 1.38. The minimum atomic E-state index is -0.482. The van der Waals surface area contributed by atoms with Crippen LogP contribution in [0, 0.1) is 0 Å². The molecule has 0 bridgehead atoms. The lowest BCUT2D eigenvalue weighted by atomic mass is 10.2. The molecule has 0 radical (unpaired) electrons. The molecule has 0 aliphatic carbocycles. The summed E-state index contributed by atoms with van der Waals surface area (Å²) in [5.74, 6) is 0. The number of hydrogen-bond donors (Lipinski definition) is 1. The van der Waals surface area contributed by atoms with Crippen molar-refractivity contribution in [2.75, 3.05) is 12.3 Å². The van der Waals surface area contributed by atoms with Crippen LogP contribution in [0.15, 0.2) is 5.38 Å². The second kappa shape index (κ2) is 6.04. The van der Waals surface area contributed by atoms with Crippen LogP contribution in [0.2, 0.25) is 0 Å². The zero-order valence-electron chi connectivity index (χ0n) is 11.4. The predicted molar refractivity (Wildman–Crippen MR) is 73.5 cm³/mol. The van der Waals surface area contributed by atoms with Crippen molar-refractivity contribution in [1.29, 1.82) is 0 Å². The smallest absolute Gasteiger partial charge is 0.410 e. The maximum Gasteiger partial charge on any atom is 0.410 e. The highest BCUT2D eigenvalue weighted by molar-refractivity contribution is 7.13. The number of carbonyl (C=O) groups is 1. The minimum Gasteiger partial charge on any atom is -0.444 e. The van der Waals surface area contributed by atoms with E-state index in [-0.39, 0.29) is 6.09 Å². The van der Waals surface area contributed by atoms with Gasteiger partial charge in [-0.15, -0.1) is 11.3 Å². The molecule has 1 aromatic heterocycles. The molecule has 1 amide bonds. The number of aromatic nitrogens is 1. The zero-order chi connectivity index (χ0) is 13.8. The van der Waals surface area contributed by atoms with Crippen LogP contribution in [0.25, 0.3) is 0 Å². The number of rotatable bonds is 4. The second-order valence-electron chi connectivity index (χ2n) is 5.08. The number of thiazole rings is 1. The van der Waals surface area contributed by atoms with Gasteiger partial charge in [-0.25, -0.2) is 9.78 Å². The Morgan fingerprint density at radius 3 is 2.67 bits per heavy atom. The summed E-state index contributed by atoms with van der Waals surface area (Å²) in [6.45, 7) is 8.68. The largest absolute Gasteiger partial charge is 0.444 e. The van der Waals surface area contributed by atoms with Crippen LogP contribution in [0.1, 0.15) is 39.8 Å². The van der Waals surface area contributed by atoms with Gasteiger partial charge in [0.15, 0.2) is 5.13 Å². The average Bonchev–Trinajstić information content (AvgIpc) is 2.61. The molecule has 18 heavy (non-hydrogen) atoms. The summed E-state index contributed by atoms with van der Waals surface area (Å²) in [7, 11) is 0. The first-order valence-electron chi connectivity index (χ1n) is 5.99. The van der Waals surface area contributed by atoms with Crippen molar-refractivity contribution in [3.63, 3.8) is 0 Å². The fourth-order valence-corrected chi connectivity index (χ4v) is 1.98. The molecule has 6 heteroatoms. The van der Waals surface area contributed by atoms with E-state index in [2.05, 4.69) is 4.98 Å². The van der Waals surface area contributed by atoms with Gasteiger partial charge in [0.1, 0.15) is 5.60 Å². The van der Waals surface area contributed by atoms with E-state index in [9.17, 15) is 4.79 Å².